The van der Waals surface area contributed by atoms with E-state index in [1.165, 1.54) is 12.7 Å². The van der Waals surface area contributed by atoms with Crippen LogP contribution in [0.4, 0.5) is 0 Å². The quantitative estimate of drug-likeness (QED) is 0.554. The highest BCUT2D eigenvalue weighted by Gasteiger charge is 2.00. The predicted octanol–water partition coefficient (Wildman–Crippen LogP) is 0.946. The van der Waals surface area contributed by atoms with Gasteiger partial charge in [0.1, 0.15) is 0 Å². The lowest BCUT2D eigenvalue weighted by molar-refractivity contribution is -0.140. The van der Waals surface area contributed by atoms with Crippen molar-refractivity contribution < 1.29 is 9.53 Å². The Hall–Kier alpha value is -1.36. The zero-order chi connectivity index (χ0) is 11.8. The Labute approximate surface area is 95.8 Å². The van der Waals surface area contributed by atoms with Crippen molar-refractivity contribution in [1.29, 1.82) is 0 Å². The summed E-state index contributed by atoms with van der Waals surface area (Å²) in [7, 11) is 1.41. The molecule has 1 heterocycles. The third kappa shape index (κ3) is 4.44. The third-order valence-corrected chi connectivity index (χ3v) is 2.30. The Morgan fingerprint density at radius 3 is 3.06 bits per heavy atom. The summed E-state index contributed by atoms with van der Waals surface area (Å²) in [5.74, 6) is -0.152. The predicted molar refractivity (Wildman–Crippen MR) is 60.9 cm³/mol. The topological polar surface area (TPSA) is 56.2 Å². The van der Waals surface area contributed by atoms with Crippen LogP contribution in [0.3, 0.4) is 0 Å². The van der Waals surface area contributed by atoms with E-state index in [1.807, 2.05) is 17.1 Å². The fourth-order valence-corrected chi connectivity index (χ4v) is 1.36. The lowest BCUT2D eigenvalue weighted by Crippen LogP contribution is -2.15. The molecule has 1 aromatic rings. The SMILES string of the molecule is CCn1cc(CNCCCC(=O)OC)cn1. The molecule has 0 aliphatic rings. The fraction of sp³-hybridized carbons (Fsp3) is 0.636. The van der Waals surface area contributed by atoms with Crippen LogP contribution in [0, 0.1) is 0 Å². The van der Waals surface area contributed by atoms with Crippen molar-refractivity contribution in [1.82, 2.24) is 15.1 Å². The summed E-state index contributed by atoms with van der Waals surface area (Å²) in [6.07, 6.45) is 5.15. The van der Waals surface area contributed by atoms with Gasteiger partial charge in [-0.1, -0.05) is 0 Å². The molecule has 0 atom stereocenters. The molecule has 5 nitrogen and oxygen atoms in total. The normalized spacial score (nSPS) is 10.4. The molecule has 16 heavy (non-hydrogen) atoms. The lowest BCUT2D eigenvalue weighted by Gasteiger charge is -2.02. The minimum atomic E-state index is -0.152. The Morgan fingerprint density at radius 2 is 2.44 bits per heavy atom. The standard InChI is InChI=1S/C11H19N3O2/c1-3-14-9-10(8-13-14)7-12-6-4-5-11(15)16-2/h8-9,12H,3-7H2,1-2H3. The molecule has 5 heteroatoms. The number of hydrogen-bond donors (Lipinski definition) is 1. The Kier molecular flexibility index (Phi) is 5.56. The average molecular weight is 225 g/mol. The van der Waals surface area contributed by atoms with Gasteiger partial charge >= 0.3 is 5.97 Å². The van der Waals surface area contributed by atoms with Crippen LogP contribution < -0.4 is 5.32 Å². The summed E-state index contributed by atoms with van der Waals surface area (Å²) < 4.78 is 6.45. The van der Waals surface area contributed by atoms with Crippen molar-refractivity contribution in [2.45, 2.75) is 32.9 Å². The number of ether oxygens (including phenoxy) is 1. The molecule has 0 saturated heterocycles. The summed E-state index contributed by atoms with van der Waals surface area (Å²) in [4.78, 5) is 10.8. The molecule has 0 amide bonds. The minimum Gasteiger partial charge on any atom is -0.469 e. The smallest absolute Gasteiger partial charge is 0.305 e. The minimum absolute atomic E-state index is 0.152. The first kappa shape index (κ1) is 12.7. The summed E-state index contributed by atoms with van der Waals surface area (Å²) in [5, 5.41) is 7.44. The molecule has 0 bridgehead atoms. The first-order chi connectivity index (χ1) is 7.76. The van der Waals surface area contributed by atoms with Crippen molar-refractivity contribution >= 4 is 5.97 Å². The highest BCUT2D eigenvalue weighted by Crippen LogP contribution is 1.97. The molecule has 90 valence electrons. The second kappa shape index (κ2) is 7.00. The molecule has 0 unspecified atom stereocenters. The van der Waals surface area contributed by atoms with Gasteiger partial charge in [-0.15, -0.1) is 0 Å². The number of methoxy groups -OCH3 is 1. The summed E-state index contributed by atoms with van der Waals surface area (Å²) in [6.45, 7) is 4.55. The first-order valence-electron chi connectivity index (χ1n) is 5.55. The Balaban J connectivity index is 2.09. The zero-order valence-corrected chi connectivity index (χ0v) is 9.90. The van der Waals surface area contributed by atoms with Crippen molar-refractivity contribution in [2.75, 3.05) is 13.7 Å². The van der Waals surface area contributed by atoms with Crippen molar-refractivity contribution in [3.8, 4) is 0 Å². The van der Waals surface area contributed by atoms with Gasteiger partial charge in [0.25, 0.3) is 0 Å². The number of nitrogens with zero attached hydrogens (tertiary/aromatic N) is 2. The number of carbonyl (C=O) groups is 1. The molecule has 0 radical (unpaired) electrons. The Morgan fingerprint density at radius 1 is 1.62 bits per heavy atom. The van der Waals surface area contributed by atoms with Gasteiger partial charge in [0.2, 0.25) is 0 Å². The van der Waals surface area contributed by atoms with Crippen LogP contribution in [0.2, 0.25) is 0 Å². The van der Waals surface area contributed by atoms with Gasteiger partial charge in [-0.25, -0.2) is 0 Å². The van der Waals surface area contributed by atoms with Gasteiger partial charge in [0.05, 0.1) is 13.3 Å². The summed E-state index contributed by atoms with van der Waals surface area (Å²) in [6, 6.07) is 0. The number of nitrogens with one attached hydrogen (secondary N) is 1. The van der Waals surface area contributed by atoms with Crippen molar-refractivity contribution in [3.05, 3.63) is 18.0 Å². The van der Waals surface area contributed by atoms with E-state index in [1.54, 1.807) is 0 Å². The van der Waals surface area contributed by atoms with Gasteiger partial charge in [0, 0.05) is 31.3 Å². The number of aromatic nitrogens is 2. The van der Waals surface area contributed by atoms with Gasteiger partial charge in [-0.05, 0) is 19.9 Å². The molecule has 0 aliphatic carbocycles. The summed E-state index contributed by atoms with van der Waals surface area (Å²) >= 11 is 0. The van der Waals surface area contributed by atoms with Crippen LogP contribution in [-0.2, 0) is 22.6 Å². The second-order valence-corrected chi connectivity index (χ2v) is 3.56. The van der Waals surface area contributed by atoms with Crippen LogP contribution in [0.5, 0.6) is 0 Å². The van der Waals surface area contributed by atoms with Crippen LogP contribution in [0.25, 0.3) is 0 Å². The van der Waals surface area contributed by atoms with Crippen LogP contribution in [0.1, 0.15) is 25.3 Å². The largest absolute Gasteiger partial charge is 0.469 e. The van der Waals surface area contributed by atoms with E-state index in [2.05, 4.69) is 22.1 Å². The van der Waals surface area contributed by atoms with Gasteiger partial charge in [-0.2, -0.15) is 5.10 Å². The van der Waals surface area contributed by atoms with E-state index >= 15 is 0 Å². The highest BCUT2D eigenvalue weighted by atomic mass is 16.5. The summed E-state index contributed by atoms with van der Waals surface area (Å²) in [5.41, 5.74) is 1.17. The van der Waals surface area contributed by atoms with E-state index in [-0.39, 0.29) is 5.97 Å². The number of hydrogen-bond acceptors (Lipinski definition) is 4. The fourth-order valence-electron chi connectivity index (χ4n) is 1.36. The van der Waals surface area contributed by atoms with E-state index in [4.69, 9.17) is 0 Å². The molecule has 1 N–H and O–H groups in total. The van der Waals surface area contributed by atoms with Gasteiger partial charge < -0.3 is 10.1 Å². The molecule has 0 spiro atoms. The Bertz CT molecular complexity index is 323. The maximum Gasteiger partial charge on any atom is 0.305 e. The third-order valence-electron chi connectivity index (χ3n) is 2.30. The van der Waals surface area contributed by atoms with Gasteiger partial charge in [0.15, 0.2) is 0 Å². The van der Waals surface area contributed by atoms with Crippen LogP contribution >= 0.6 is 0 Å². The van der Waals surface area contributed by atoms with Crippen molar-refractivity contribution in [2.24, 2.45) is 0 Å². The second-order valence-electron chi connectivity index (χ2n) is 3.56. The molecule has 0 saturated carbocycles. The number of rotatable bonds is 7. The lowest BCUT2D eigenvalue weighted by atomic mass is 10.3. The van der Waals surface area contributed by atoms with E-state index < -0.39 is 0 Å². The number of esters is 1. The van der Waals surface area contributed by atoms with E-state index in [0.29, 0.717) is 6.42 Å². The van der Waals surface area contributed by atoms with Crippen LogP contribution in [0.15, 0.2) is 12.4 Å². The maximum absolute atomic E-state index is 10.8. The molecule has 0 aromatic carbocycles. The number of aryl methyl sites for hydroxylation is 1. The highest BCUT2D eigenvalue weighted by molar-refractivity contribution is 5.69. The molecule has 1 aromatic heterocycles. The van der Waals surface area contributed by atoms with E-state index in [0.717, 1.165) is 26.1 Å². The number of carbonyl (C=O) groups excluding carboxylic acids is 1. The maximum atomic E-state index is 10.8. The van der Waals surface area contributed by atoms with Crippen molar-refractivity contribution in [3.63, 3.8) is 0 Å². The molecule has 0 fully saturated rings. The first-order valence-corrected chi connectivity index (χ1v) is 5.55. The molecular formula is C11H19N3O2. The van der Waals surface area contributed by atoms with Crippen LogP contribution in [-0.4, -0.2) is 29.4 Å². The molecular weight excluding hydrogens is 206 g/mol. The zero-order valence-electron chi connectivity index (χ0n) is 9.90. The molecule has 0 aliphatic heterocycles. The van der Waals surface area contributed by atoms with E-state index in [9.17, 15) is 4.79 Å². The van der Waals surface area contributed by atoms with Gasteiger partial charge in [-0.3, -0.25) is 9.48 Å². The molecule has 1 rings (SSSR count). The monoisotopic (exact) mass is 225 g/mol. The average Bonchev–Trinajstić information content (AvgIpc) is 2.76.